The zero-order valence-corrected chi connectivity index (χ0v) is 14.7. The van der Waals surface area contributed by atoms with Crippen molar-refractivity contribution in [2.24, 2.45) is 4.99 Å². The first-order valence-corrected chi connectivity index (χ1v) is 8.50. The van der Waals surface area contributed by atoms with Crippen molar-refractivity contribution in [2.45, 2.75) is 0 Å². The summed E-state index contributed by atoms with van der Waals surface area (Å²) in [6.45, 7) is 0. The molecule has 1 N–H and O–H groups in total. The molecule has 6 nitrogen and oxygen atoms in total. The van der Waals surface area contributed by atoms with Gasteiger partial charge in [0.15, 0.2) is 5.17 Å². The fourth-order valence-electron chi connectivity index (χ4n) is 2.09. The highest BCUT2D eigenvalue weighted by atomic mass is 35.5. The van der Waals surface area contributed by atoms with Crippen LogP contribution in [0.3, 0.4) is 0 Å². The molecule has 0 saturated carbocycles. The van der Waals surface area contributed by atoms with Gasteiger partial charge in [0.05, 0.1) is 31.1 Å². The number of carbonyl (C=O) groups is 1. The van der Waals surface area contributed by atoms with Gasteiger partial charge in [-0.05, 0) is 36.0 Å². The van der Waals surface area contributed by atoms with Gasteiger partial charge in [-0.15, -0.1) is 0 Å². The third-order valence-electron chi connectivity index (χ3n) is 3.22. The number of hydrogen-bond acceptors (Lipinski definition) is 5. The summed E-state index contributed by atoms with van der Waals surface area (Å²) in [6.07, 6.45) is 1.46. The van der Waals surface area contributed by atoms with E-state index in [4.69, 9.17) is 23.2 Å². The molecule has 1 amide bonds. The number of nitro groups is 1. The monoisotopic (exact) mass is 393 g/mol. The van der Waals surface area contributed by atoms with Crippen LogP contribution in [0.2, 0.25) is 10.0 Å². The van der Waals surface area contributed by atoms with Crippen LogP contribution in [0.1, 0.15) is 5.56 Å². The van der Waals surface area contributed by atoms with Crippen LogP contribution in [0.15, 0.2) is 52.4 Å². The maximum absolute atomic E-state index is 12.1. The Balaban J connectivity index is 1.92. The number of thioether (sulfide) groups is 1. The molecule has 126 valence electrons. The highest BCUT2D eigenvalue weighted by Gasteiger charge is 2.25. The quantitative estimate of drug-likeness (QED) is 0.461. The summed E-state index contributed by atoms with van der Waals surface area (Å²) in [5.41, 5.74) is 0.683. The molecule has 9 heteroatoms. The van der Waals surface area contributed by atoms with Crippen LogP contribution >= 0.6 is 35.0 Å². The number of nitrogens with zero attached hydrogens (tertiary/aromatic N) is 2. The number of nitro benzene ring substituents is 1. The number of amidine groups is 1. The maximum atomic E-state index is 12.1. The summed E-state index contributed by atoms with van der Waals surface area (Å²) in [5, 5.41) is 14.6. The van der Waals surface area contributed by atoms with E-state index in [9.17, 15) is 14.9 Å². The Bertz CT molecular complexity index is 944. The summed E-state index contributed by atoms with van der Waals surface area (Å²) >= 11 is 13.1. The van der Waals surface area contributed by atoms with Crippen LogP contribution in [0.25, 0.3) is 6.08 Å². The third kappa shape index (κ3) is 3.84. The SMILES string of the molecule is O=C1NC(=Nc2cccc(Cl)c2Cl)S/C1=C\c1ccccc1[N+](=O)[O-]. The van der Waals surface area contributed by atoms with Crippen LogP contribution in [-0.4, -0.2) is 16.0 Å². The summed E-state index contributed by atoms with van der Waals surface area (Å²) in [7, 11) is 0. The Morgan fingerprint density at radius 3 is 2.68 bits per heavy atom. The van der Waals surface area contributed by atoms with Crippen molar-refractivity contribution in [1.82, 2.24) is 5.32 Å². The van der Waals surface area contributed by atoms with Gasteiger partial charge in [0, 0.05) is 6.07 Å². The lowest BCUT2D eigenvalue weighted by molar-refractivity contribution is -0.385. The van der Waals surface area contributed by atoms with Crippen molar-refractivity contribution >= 4 is 63.5 Å². The van der Waals surface area contributed by atoms with Gasteiger partial charge in [0.1, 0.15) is 0 Å². The van der Waals surface area contributed by atoms with E-state index in [1.807, 2.05) is 0 Å². The van der Waals surface area contributed by atoms with E-state index in [1.165, 1.54) is 12.1 Å². The summed E-state index contributed by atoms with van der Waals surface area (Å²) < 4.78 is 0. The molecule has 2 aromatic rings. The standard InChI is InChI=1S/C16H9Cl2N3O3S/c17-10-5-3-6-11(14(10)18)19-16-20-15(22)13(25-16)8-9-4-1-2-7-12(9)21(23)24/h1-8H,(H,19,20,22)/b13-8-. The van der Waals surface area contributed by atoms with Gasteiger partial charge < -0.3 is 5.32 Å². The lowest BCUT2D eigenvalue weighted by Gasteiger charge is -2.00. The molecule has 0 spiro atoms. The number of carbonyl (C=O) groups excluding carboxylic acids is 1. The minimum absolute atomic E-state index is 0.0772. The fraction of sp³-hybridized carbons (Fsp3) is 0. The maximum Gasteiger partial charge on any atom is 0.276 e. The normalized spacial score (nSPS) is 17.1. The number of amides is 1. The molecule has 3 rings (SSSR count). The summed E-state index contributed by atoms with van der Waals surface area (Å²) in [4.78, 5) is 27.2. The van der Waals surface area contributed by atoms with Crippen molar-refractivity contribution in [3.63, 3.8) is 0 Å². The molecule has 0 bridgehead atoms. The van der Waals surface area contributed by atoms with E-state index in [-0.39, 0.29) is 16.6 Å². The molecule has 1 aliphatic rings. The minimum Gasteiger partial charge on any atom is -0.300 e. The largest absolute Gasteiger partial charge is 0.300 e. The van der Waals surface area contributed by atoms with Gasteiger partial charge in [-0.2, -0.15) is 0 Å². The van der Waals surface area contributed by atoms with Gasteiger partial charge in [0.2, 0.25) is 0 Å². The van der Waals surface area contributed by atoms with E-state index < -0.39 is 4.92 Å². The number of para-hydroxylation sites is 1. The lowest BCUT2D eigenvalue weighted by Crippen LogP contribution is -2.19. The molecule has 0 radical (unpaired) electrons. The highest BCUT2D eigenvalue weighted by Crippen LogP contribution is 2.35. The Morgan fingerprint density at radius 2 is 1.92 bits per heavy atom. The average Bonchev–Trinajstić information content (AvgIpc) is 2.91. The van der Waals surface area contributed by atoms with Crippen LogP contribution in [0.4, 0.5) is 11.4 Å². The van der Waals surface area contributed by atoms with Gasteiger partial charge in [0.25, 0.3) is 11.6 Å². The predicted molar refractivity (Wildman–Crippen MR) is 100 cm³/mol. The Kier molecular flexibility index (Phi) is 5.08. The first-order chi connectivity index (χ1) is 12.0. The second-order valence-corrected chi connectivity index (χ2v) is 6.69. The Hall–Kier alpha value is -2.35. The van der Waals surface area contributed by atoms with Crippen molar-refractivity contribution in [2.75, 3.05) is 0 Å². The molecule has 1 saturated heterocycles. The first kappa shape index (κ1) is 17.5. The summed E-state index contributed by atoms with van der Waals surface area (Å²) in [5.74, 6) is -0.389. The predicted octanol–water partition coefficient (Wildman–Crippen LogP) is 4.79. The van der Waals surface area contributed by atoms with Crippen molar-refractivity contribution in [1.29, 1.82) is 0 Å². The second-order valence-electron chi connectivity index (χ2n) is 4.87. The molecular weight excluding hydrogens is 385 g/mol. The van der Waals surface area contributed by atoms with E-state index in [0.717, 1.165) is 11.8 Å². The van der Waals surface area contributed by atoms with E-state index in [0.29, 0.717) is 26.3 Å². The smallest absolute Gasteiger partial charge is 0.276 e. The van der Waals surface area contributed by atoms with Crippen LogP contribution in [0, 0.1) is 10.1 Å². The molecule has 1 heterocycles. The topological polar surface area (TPSA) is 84.6 Å². The number of benzene rings is 2. The van der Waals surface area contributed by atoms with Crippen LogP contribution in [-0.2, 0) is 4.79 Å². The summed E-state index contributed by atoms with van der Waals surface area (Å²) in [6, 6.07) is 11.2. The third-order valence-corrected chi connectivity index (χ3v) is 4.94. The van der Waals surface area contributed by atoms with Crippen LogP contribution in [0.5, 0.6) is 0 Å². The van der Waals surface area contributed by atoms with Crippen LogP contribution < -0.4 is 5.32 Å². The van der Waals surface area contributed by atoms with Gasteiger partial charge in [-0.3, -0.25) is 14.9 Å². The number of rotatable bonds is 3. The van der Waals surface area contributed by atoms with Gasteiger partial charge in [-0.25, -0.2) is 4.99 Å². The molecule has 2 aromatic carbocycles. The van der Waals surface area contributed by atoms with Crippen molar-refractivity contribution in [3.05, 3.63) is 73.1 Å². The molecule has 0 aliphatic carbocycles. The van der Waals surface area contributed by atoms with Crippen molar-refractivity contribution in [3.8, 4) is 0 Å². The highest BCUT2D eigenvalue weighted by molar-refractivity contribution is 8.18. The molecular formula is C16H9Cl2N3O3S. The van der Waals surface area contributed by atoms with Crippen molar-refractivity contribution < 1.29 is 9.72 Å². The zero-order chi connectivity index (χ0) is 18.0. The molecule has 0 atom stereocenters. The van der Waals surface area contributed by atoms with Gasteiger partial charge >= 0.3 is 0 Å². The second kappa shape index (κ2) is 7.26. The molecule has 1 aliphatic heterocycles. The number of halogens is 2. The molecule has 0 unspecified atom stereocenters. The van der Waals surface area contributed by atoms with E-state index >= 15 is 0 Å². The Labute approximate surface area is 156 Å². The minimum atomic E-state index is -0.495. The average molecular weight is 394 g/mol. The van der Waals surface area contributed by atoms with Gasteiger partial charge in [-0.1, -0.05) is 41.4 Å². The lowest BCUT2D eigenvalue weighted by atomic mass is 10.1. The van der Waals surface area contributed by atoms with E-state index in [2.05, 4.69) is 10.3 Å². The molecule has 1 fully saturated rings. The van der Waals surface area contributed by atoms with E-state index in [1.54, 1.807) is 36.4 Å². The fourth-order valence-corrected chi connectivity index (χ4v) is 3.25. The number of hydrogen-bond donors (Lipinski definition) is 1. The molecule has 0 aromatic heterocycles. The number of nitrogens with one attached hydrogen (secondary N) is 1. The first-order valence-electron chi connectivity index (χ1n) is 6.93. The zero-order valence-electron chi connectivity index (χ0n) is 12.4. The molecule has 25 heavy (non-hydrogen) atoms. The Morgan fingerprint density at radius 1 is 1.16 bits per heavy atom. The number of aliphatic imine (C=N–C) groups is 1.